The van der Waals surface area contributed by atoms with Gasteiger partial charge in [-0.05, 0) is 48.5 Å². The Balaban J connectivity index is 1.66. The highest BCUT2D eigenvalue weighted by Gasteiger charge is 2.23. The summed E-state index contributed by atoms with van der Waals surface area (Å²) in [6, 6.07) is 31.1. The van der Waals surface area contributed by atoms with Gasteiger partial charge in [-0.25, -0.2) is 4.98 Å². The van der Waals surface area contributed by atoms with E-state index in [9.17, 15) is 4.79 Å². The molecule has 0 unspecified atom stereocenters. The molecular formula is C30H16N2O3. The molecule has 0 aliphatic rings. The van der Waals surface area contributed by atoms with Gasteiger partial charge in [-0.1, -0.05) is 48.5 Å². The molecule has 0 saturated heterocycles. The minimum Gasteiger partial charge on any atom is -0.457 e. The number of para-hydroxylation sites is 4. The number of hydrogen-bond donors (Lipinski definition) is 0. The molecule has 5 aromatic carbocycles. The third-order valence-corrected chi connectivity index (χ3v) is 6.79. The molecule has 5 nitrogen and oxygen atoms in total. The second-order valence-electron chi connectivity index (χ2n) is 8.74. The van der Waals surface area contributed by atoms with Crippen molar-refractivity contribution in [3.8, 4) is 11.5 Å². The number of imidazole rings is 1. The first kappa shape index (κ1) is 18.5. The minimum atomic E-state index is -0.0886. The van der Waals surface area contributed by atoms with Crippen LogP contribution in [0.1, 0.15) is 0 Å². The Hall–Kier alpha value is -4.90. The van der Waals surface area contributed by atoms with Crippen LogP contribution < -0.4 is 10.3 Å². The summed E-state index contributed by atoms with van der Waals surface area (Å²) in [5.74, 6) is 1.43. The summed E-state index contributed by atoms with van der Waals surface area (Å²) >= 11 is 0. The van der Waals surface area contributed by atoms with Crippen LogP contribution >= 0.6 is 0 Å². The lowest BCUT2D eigenvalue weighted by Gasteiger charge is -2.17. The van der Waals surface area contributed by atoms with Crippen molar-refractivity contribution < 1.29 is 9.15 Å². The molecule has 8 aromatic rings. The molecule has 8 rings (SSSR count). The van der Waals surface area contributed by atoms with Crippen molar-refractivity contribution in [3.05, 3.63) is 107 Å². The molecule has 0 radical (unpaired) electrons. The summed E-state index contributed by atoms with van der Waals surface area (Å²) in [5, 5.41) is 5.05. The van der Waals surface area contributed by atoms with Crippen LogP contribution in [0.25, 0.3) is 60.2 Å². The van der Waals surface area contributed by atoms with E-state index < -0.39 is 0 Å². The van der Waals surface area contributed by atoms with Gasteiger partial charge in [0.05, 0.1) is 11.0 Å². The summed E-state index contributed by atoms with van der Waals surface area (Å²) in [7, 11) is 0. The molecule has 0 bridgehead atoms. The van der Waals surface area contributed by atoms with Crippen molar-refractivity contribution in [1.29, 1.82) is 0 Å². The van der Waals surface area contributed by atoms with E-state index in [1.165, 1.54) is 0 Å². The Morgan fingerprint density at radius 1 is 0.686 bits per heavy atom. The number of aromatic nitrogens is 2. The number of pyridine rings is 1. The van der Waals surface area contributed by atoms with Gasteiger partial charge in [0.2, 0.25) is 0 Å². The Kier molecular flexibility index (Phi) is 3.48. The lowest BCUT2D eigenvalue weighted by Crippen LogP contribution is -2.13. The first-order valence-corrected chi connectivity index (χ1v) is 11.4. The highest BCUT2D eigenvalue weighted by Crippen LogP contribution is 2.45. The maximum absolute atomic E-state index is 13.8. The predicted molar refractivity (Wildman–Crippen MR) is 139 cm³/mol. The van der Waals surface area contributed by atoms with Crippen molar-refractivity contribution in [3.63, 3.8) is 0 Å². The summed E-state index contributed by atoms with van der Waals surface area (Å²) in [5.41, 5.74) is 3.56. The molecule has 164 valence electrons. The predicted octanol–water partition coefficient (Wildman–Crippen LogP) is 7.28. The number of hydrogen-bond acceptors (Lipinski definition) is 4. The van der Waals surface area contributed by atoms with Gasteiger partial charge in [0.25, 0.3) is 5.56 Å². The van der Waals surface area contributed by atoms with E-state index in [2.05, 4.69) is 0 Å². The first-order valence-electron chi connectivity index (χ1n) is 11.4. The Labute approximate surface area is 197 Å². The standard InChI is InChI=1S/C30H16N2O3/c33-30-19-14-15-24-28-26(19)20(29-31-21-11-5-6-12-22(21)32(29)30)16-25(34-17-8-2-1-3-9-17)27(28)18-10-4-7-13-23(18)35-24/h1-16H. The topological polar surface area (TPSA) is 56.7 Å². The molecule has 0 saturated carbocycles. The smallest absolute Gasteiger partial charge is 0.264 e. The molecule has 0 N–H and O–H groups in total. The number of benzene rings is 5. The third-order valence-electron chi connectivity index (χ3n) is 6.79. The lowest BCUT2D eigenvalue weighted by atomic mass is 9.95. The molecule has 3 heterocycles. The summed E-state index contributed by atoms with van der Waals surface area (Å²) in [6.07, 6.45) is 0. The molecule has 0 fully saturated rings. The summed E-state index contributed by atoms with van der Waals surface area (Å²) in [6.45, 7) is 0. The number of ether oxygens (including phenoxy) is 1. The Bertz CT molecular complexity index is 2160. The average Bonchev–Trinajstić information content (AvgIpc) is 3.29. The largest absolute Gasteiger partial charge is 0.457 e. The fraction of sp³-hybridized carbons (Fsp3) is 0. The van der Waals surface area contributed by atoms with Gasteiger partial charge in [-0.15, -0.1) is 0 Å². The van der Waals surface area contributed by atoms with E-state index in [-0.39, 0.29) is 5.56 Å². The van der Waals surface area contributed by atoms with E-state index in [4.69, 9.17) is 14.1 Å². The van der Waals surface area contributed by atoms with Crippen molar-refractivity contribution in [1.82, 2.24) is 9.38 Å². The van der Waals surface area contributed by atoms with Gasteiger partial charge in [0.1, 0.15) is 28.3 Å². The fourth-order valence-corrected chi connectivity index (χ4v) is 5.33. The monoisotopic (exact) mass is 452 g/mol. The van der Waals surface area contributed by atoms with Gasteiger partial charge in [0, 0.05) is 32.3 Å². The molecule has 3 aromatic heterocycles. The van der Waals surface area contributed by atoms with Crippen LogP contribution in [-0.4, -0.2) is 9.38 Å². The molecule has 0 aliphatic heterocycles. The molecule has 0 spiro atoms. The van der Waals surface area contributed by atoms with E-state index >= 15 is 0 Å². The van der Waals surface area contributed by atoms with Crippen LogP contribution in [0, 0.1) is 0 Å². The van der Waals surface area contributed by atoms with E-state index in [0.717, 1.165) is 49.3 Å². The van der Waals surface area contributed by atoms with Crippen LogP contribution in [0.15, 0.2) is 106 Å². The van der Waals surface area contributed by atoms with Crippen molar-refractivity contribution in [2.75, 3.05) is 0 Å². The maximum Gasteiger partial charge on any atom is 0.264 e. The SMILES string of the molecule is O=c1c2ccc3oc4ccccc4c4c(Oc5ccccc5)cc(c2c34)c2nc3ccccc3n12. The Morgan fingerprint density at radius 3 is 2.40 bits per heavy atom. The molecule has 0 atom stereocenters. The zero-order chi connectivity index (χ0) is 23.1. The van der Waals surface area contributed by atoms with Gasteiger partial charge in [-0.2, -0.15) is 0 Å². The molecule has 0 aliphatic carbocycles. The van der Waals surface area contributed by atoms with Gasteiger partial charge >= 0.3 is 0 Å². The number of rotatable bonds is 2. The zero-order valence-electron chi connectivity index (χ0n) is 18.4. The normalized spacial score (nSPS) is 12.1. The number of fused-ring (bicyclic) bond motifs is 6. The van der Waals surface area contributed by atoms with E-state index in [0.29, 0.717) is 22.4 Å². The van der Waals surface area contributed by atoms with E-state index in [1.54, 1.807) is 4.40 Å². The average molecular weight is 452 g/mol. The van der Waals surface area contributed by atoms with Crippen molar-refractivity contribution >= 4 is 60.2 Å². The van der Waals surface area contributed by atoms with Crippen LogP contribution in [0.2, 0.25) is 0 Å². The zero-order valence-corrected chi connectivity index (χ0v) is 18.4. The highest BCUT2D eigenvalue weighted by molar-refractivity contribution is 6.30. The van der Waals surface area contributed by atoms with Crippen LogP contribution in [0.5, 0.6) is 11.5 Å². The lowest BCUT2D eigenvalue weighted by molar-refractivity contribution is 0.489. The molecule has 0 amide bonds. The van der Waals surface area contributed by atoms with Gasteiger partial charge < -0.3 is 9.15 Å². The van der Waals surface area contributed by atoms with Crippen LogP contribution in [0.4, 0.5) is 0 Å². The first-order chi connectivity index (χ1) is 17.3. The quantitative estimate of drug-likeness (QED) is 0.204. The fourth-order valence-electron chi connectivity index (χ4n) is 5.33. The molecular weight excluding hydrogens is 436 g/mol. The van der Waals surface area contributed by atoms with Crippen LogP contribution in [0.3, 0.4) is 0 Å². The van der Waals surface area contributed by atoms with Crippen LogP contribution in [-0.2, 0) is 0 Å². The van der Waals surface area contributed by atoms with Gasteiger partial charge in [-0.3, -0.25) is 9.20 Å². The van der Waals surface area contributed by atoms with Crippen molar-refractivity contribution in [2.45, 2.75) is 0 Å². The minimum absolute atomic E-state index is 0.0886. The maximum atomic E-state index is 13.8. The second-order valence-corrected chi connectivity index (χ2v) is 8.74. The summed E-state index contributed by atoms with van der Waals surface area (Å²) in [4.78, 5) is 18.6. The highest BCUT2D eigenvalue weighted by atomic mass is 16.5. The van der Waals surface area contributed by atoms with E-state index in [1.807, 2.05) is 97.1 Å². The Morgan fingerprint density at radius 2 is 1.49 bits per heavy atom. The molecule has 5 heteroatoms. The van der Waals surface area contributed by atoms with Gasteiger partial charge in [0.15, 0.2) is 0 Å². The third kappa shape index (κ3) is 2.41. The number of nitrogens with zero attached hydrogens (tertiary/aromatic N) is 2. The summed E-state index contributed by atoms with van der Waals surface area (Å²) < 4.78 is 14.5. The van der Waals surface area contributed by atoms with Crippen molar-refractivity contribution in [2.24, 2.45) is 0 Å². The second kappa shape index (κ2) is 6.58. The molecule has 35 heavy (non-hydrogen) atoms.